The van der Waals surface area contributed by atoms with Crippen molar-refractivity contribution in [3.05, 3.63) is 95.0 Å². The minimum atomic E-state index is -0.660. The topological polar surface area (TPSA) is 72.9 Å². The van der Waals surface area contributed by atoms with Crippen LogP contribution in [0.2, 0.25) is 5.02 Å². The van der Waals surface area contributed by atoms with Crippen molar-refractivity contribution in [3.63, 3.8) is 0 Å². The van der Waals surface area contributed by atoms with Crippen molar-refractivity contribution in [2.24, 2.45) is 0 Å². The highest BCUT2D eigenvalue weighted by Gasteiger charge is 2.23. The van der Waals surface area contributed by atoms with Gasteiger partial charge in [-0.15, -0.1) is 0 Å². The number of para-hydroxylation sites is 1. The van der Waals surface area contributed by atoms with Crippen molar-refractivity contribution < 1.29 is 19.0 Å². The molecule has 0 unspecified atom stereocenters. The van der Waals surface area contributed by atoms with Crippen molar-refractivity contribution in [1.82, 2.24) is 14.7 Å². The van der Waals surface area contributed by atoms with E-state index in [4.69, 9.17) is 30.6 Å². The molecule has 0 aliphatic carbocycles. The highest BCUT2D eigenvalue weighted by Crippen LogP contribution is 2.32. The number of aromatic nitrogens is 2. The Kier molecular flexibility index (Phi) is 8.83. The Balaban J connectivity index is 1.67. The number of rotatable bonds is 12. The molecule has 8 heteroatoms. The molecule has 0 aliphatic rings. The van der Waals surface area contributed by atoms with E-state index in [2.05, 4.69) is 4.90 Å². The van der Waals surface area contributed by atoms with Crippen LogP contribution >= 0.6 is 11.6 Å². The van der Waals surface area contributed by atoms with Gasteiger partial charge in [-0.25, -0.2) is 4.68 Å². The fourth-order valence-electron chi connectivity index (χ4n) is 3.87. The molecule has 7 nitrogen and oxygen atoms in total. The van der Waals surface area contributed by atoms with Gasteiger partial charge in [0.1, 0.15) is 11.5 Å². The van der Waals surface area contributed by atoms with Gasteiger partial charge < -0.3 is 19.0 Å². The molecule has 36 heavy (non-hydrogen) atoms. The Bertz CT molecular complexity index is 1210. The predicted octanol–water partition coefficient (Wildman–Crippen LogP) is 6.01. The second kappa shape index (κ2) is 12.2. The molecule has 0 fully saturated rings. The van der Waals surface area contributed by atoms with Crippen LogP contribution in [-0.2, 0) is 17.8 Å². The first-order valence-corrected chi connectivity index (χ1v) is 12.4. The van der Waals surface area contributed by atoms with Gasteiger partial charge in [-0.3, -0.25) is 4.90 Å². The average Bonchev–Trinajstić information content (AvgIpc) is 3.48. The predicted molar refractivity (Wildman–Crippen MR) is 140 cm³/mol. The Morgan fingerprint density at radius 2 is 1.78 bits per heavy atom. The third-order valence-electron chi connectivity index (χ3n) is 5.60. The van der Waals surface area contributed by atoms with E-state index in [0.717, 1.165) is 22.7 Å². The lowest BCUT2D eigenvalue weighted by molar-refractivity contribution is -0.0114. The summed E-state index contributed by atoms with van der Waals surface area (Å²) in [5.74, 6) is 2.07. The first-order chi connectivity index (χ1) is 17.4. The normalized spacial score (nSPS) is 12.4. The molecule has 2 aromatic carbocycles. The van der Waals surface area contributed by atoms with Crippen molar-refractivity contribution in [2.75, 3.05) is 13.2 Å². The molecular weight excluding hydrogens is 478 g/mol. The first-order valence-electron chi connectivity index (χ1n) is 12.0. The SMILES string of the molecule is Cc1nn(-c2ccccc2)c(Oc2ccc(Cl)cc2)c1CN(Cc1ccco1)C[C@@H](O)COC(C)C. The van der Waals surface area contributed by atoms with Crippen LogP contribution in [0.5, 0.6) is 11.6 Å². The molecule has 0 saturated carbocycles. The molecule has 0 aliphatic heterocycles. The molecule has 0 saturated heterocycles. The number of aliphatic hydroxyl groups is 1. The highest BCUT2D eigenvalue weighted by atomic mass is 35.5. The zero-order chi connectivity index (χ0) is 25.5. The average molecular weight is 510 g/mol. The summed E-state index contributed by atoms with van der Waals surface area (Å²) in [5.41, 5.74) is 2.64. The highest BCUT2D eigenvalue weighted by molar-refractivity contribution is 6.30. The molecule has 0 amide bonds. The summed E-state index contributed by atoms with van der Waals surface area (Å²) in [5, 5.41) is 16.1. The van der Waals surface area contributed by atoms with Gasteiger partial charge in [0.2, 0.25) is 5.88 Å². The van der Waals surface area contributed by atoms with Gasteiger partial charge in [-0.2, -0.15) is 5.10 Å². The number of aliphatic hydroxyl groups excluding tert-OH is 1. The van der Waals surface area contributed by atoms with Gasteiger partial charge in [0.05, 0.1) is 48.6 Å². The van der Waals surface area contributed by atoms with Crippen molar-refractivity contribution in [2.45, 2.75) is 46.1 Å². The van der Waals surface area contributed by atoms with E-state index in [-0.39, 0.29) is 12.7 Å². The van der Waals surface area contributed by atoms with Crippen molar-refractivity contribution >= 4 is 11.6 Å². The molecule has 1 N–H and O–H groups in total. The van der Waals surface area contributed by atoms with Gasteiger partial charge in [-0.05, 0) is 69.3 Å². The summed E-state index contributed by atoms with van der Waals surface area (Å²) < 4.78 is 19.4. The maximum Gasteiger partial charge on any atom is 0.227 e. The lowest BCUT2D eigenvalue weighted by Gasteiger charge is -2.25. The maximum atomic E-state index is 10.7. The fourth-order valence-corrected chi connectivity index (χ4v) is 4.00. The standard InChI is InChI=1S/C28H32ClN3O4/c1-20(2)35-19-24(33)16-31(17-26-10-7-15-34-26)18-27-21(3)30-32(23-8-5-4-6-9-23)28(27)36-25-13-11-22(29)12-14-25/h4-15,20,24,33H,16-19H2,1-3H3/t24-/m1/s1. The van der Waals surface area contributed by atoms with E-state index in [9.17, 15) is 5.11 Å². The van der Waals surface area contributed by atoms with Crippen LogP contribution in [0.4, 0.5) is 0 Å². The lowest BCUT2D eigenvalue weighted by Crippen LogP contribution is -2.35. The molecule has 0 bridgehead atoms. The summed E-state index contributed by atoms with van der Waals surface area (Å²) in [6.07, 6.45) is 1.04. The third kappa shape index (κ3) is 6.98. The van der Waals surface area contributed by atoms with Gasteiger partial charge in [0, 0.05) is 18.1 Å². The minimum Gasteiger partial charge on any atom is -0.468 e. The van der Waals surface area contributed by atoms with E-state index in [1.807, 2.05) is 80.1 Å². The lowest BCUT2D eigenvalue weighted by atomic mass is 10.2. The third-order valence-corrected chi connectivity index (χ3v) is 5.85. The summed E-state index contributed by atoms with van der Waals surface area (Å²) in [6, 6.07) is 20.9. The number of hydrogen-bond donors (Lipinski definition) is 1. The van der Waals surface area contributed by atoms with Crippen LogP contribution in [0, 0.1) is 6.92 Å². The number of aryl methyl sites for hydroxylation is 1. The molecular formula is C28H32ClN3O4. The number of furan rings is 1. The van der Waals surface area contributed by atoms with Gasteiger partial charge in [0.15, 0.2) is 0 Å². The fraction of sp³-hybridized carbons (Fsp3) is 0.321. The Labute approximate surface area is 216 Å². The monoisotopic (exact) mass is 509 g/mol. The van der Waals surface area contributed by atoms with Crippen molar-refractivity contribution in [3.8, 4) is 17.3 Å². The molecule has 1 atom stereocenters. The Morgan fingerprint density at radius 1 is 1.03 bits per heavy atom. The second-order valence-electron chi connectivity index (χ2n) is 8.96. The smallest absolute Gasteiger partial charge is 0.227 e. The van der Waals surface area contributed by atoms with Crippen molar-refractivity contribution in [1.29, 1.82) is 0 Å². The van der Waals surface area contributed by atoms with E-state index in [0.29, 0.717) is 36.3 Å². The molecule has 190 valence electrons. The Hall–Kier alpha value is -3.10. The number of ether oxygens (including phenoxy) is 2. The van der Waals surface area contributed by atoms with Crippen LogP contribution in [0.1, 0.15) is 30.9 Å². The molecule has 2 aromatic heterocycles. The minimum absolute atomic E-state index is 0.0453. The number of hydrogen-bond acceptors (Lipinski definition) is 6. The quantitative estimate of drug-likeness (QED) is 0.252. The number of nitrogens with zero attached hydrogens (tertiary/aromatic N) is 3. The Morgan fingerprint density at radius 3 is 2.44 bits per heavy atom. The molecule has 2 heterocycles. The zero-order valence-corrected chi connectivity index (χ0v) is 21.6. The molecule has 0 spiro atoms. The molecule has 0 radical (unpaired) electrons. The maximum absolute atomic E-state index is 10.7. The van der Waals surface area contributed by atoms with Crippen LogP contribution in [0.15, 0.2) is 77.4 Å². The summed E-state index contributed by atoms with van der Waals surface area (Å²) in [6.45, 7) is 7.52. The van der Waals surface area contributed by atoms with Crippen LogP contribution in [0.25, 0.3) is 5.69 Å². The number of halogens is 1. The van der Waals surface area contributed by atoms with E-state index < -0.39 is 6.10 Å². The first kappa shape index (κ1) is 26.0. The zero-order valence-electron chi connectivity index (χ0n) is 20.8. The molecule has 4 aromatic rings. The molecule has 4 rings (SSSR count). The summed E-state index contributed by atoms with van der Waals surface area (Å²) >= 11 is 6.08. The van der Waals surface area contributed by atoms with E-state index >= 15 is 0 Å². The summed E-state index contributed by atoms with van der Waals surface area (Å²) in [4.78, 5) is 2.11. The van der Waals surface area contributed by atoms with Gasteiger partial charge in [0.25, 0.3) is 0 Å². The second-order valence-corrected chi connectivity index (χ2v) is 9.39. The van der Waals surface area contributed by atoms with E-state index in [1.165, 1.54) is 0 Å². The summed E-state index contributed by atoms with van der Waals surface area (Å²) in [7, 11) is 0. The number of benzene rings is 2. The van der Waals surface area contributed by atoms with E-state index in [1.54, 1.807) is 18.4 Å². The van der Waals surface area contributed by atoms with Gasteiger partial charge >= 0.3 is 0 Å². The largest absolute Gasteiger partial charge is 0.468 e. The van der Waals surface area contributed by atoms with Crippen LogP contribution in [-0.4, -0.2) is 45.1 Å². The van der Waals surface area contributed by atoms with Gasteiger partial charge in [-0.1, -0.05) is 29.8 Å². The van der Waals surface area contributed by atoms with Crippen LogP contribution < -0.4 is 4.74 Å². The van der Waals surface area contributed by atoms with Crippen LogP contribution in [0.3, 0.4) is 0 Å².